The number of aryl methyl sites for hydroxylation is 1. The zero-order valence-electron chi connectivity index (χ0n) is 23.3. The fourth-order valence-electron chi connectivity index (χ4n) is 4.19. The summed E-state index contributed by atoms with van der Waals surface area (Å²) in [6, 6.07) is 8.00. The Hall–Kier alpha value is -3.73. The quantitative estimate of drug-likeness (QED) is 0.419. The fourth-order valence-corrected chi connectivity index (χ4v) is 4.19. The van der Waals surface area contributed by atoms with Crippen LogP contribution in [0.15, 0.2) is 35.1 Å². The summed E-state index contributed by atoms with van der Waals surface area (Å²) in [4.78, 5) is 59.9. The second kappa shape index (κ2) is 13.4. The van der Waals surface area contributed by atoms with Gasteiger partial charge in [0.1, 0.15) is 17.5 Å². The Bertz CT molecular complexity index is 1210. The van der Waals surface area contributed by atoms with Gasteiger partial charge < -0.3 is 30.0 Å². The first-order valence-electron chi connectivity index (χ1n) is 13.3. The van der Waals surface area contributed by atoms with E-state index in [1.807, 2.05) is 37.3 Å². The van der Waals surface area contributed by atoms with Crippen LogP contribution < -0.4 is 16.2 Å². The molecule has 0 saturated carbocycles. The summed E-state index contributed by atoms with van der Waals surface area (Å²) in [6.07, 6.45) is 0.367. The van der Waals surface area contributed by atoms with E-state index >= 15 is 0 Å². The van der Waals surface area contributed by atoms with Crippen LogP contribution >= 0.6 is 0 Å². The molecule has 3 N–H and O–H groups in total. The topological polar surface area (TPSA) is 143 Å². The number of nitrogens with one attached hydrogen (secondary N) is 3. The van der Waals surface area contributed by atoms with Gasteiger partial charge in [0.05, 0.1) is 31.0 Å². The van der Waals surface area contributed by atoms with Crippen molar-refractivity contribution in [2.24, 2.45) is 0 Å². The molecule has 0 aliphatic carbocycles. The largest absolute Gasteiger partial charge is 0.444 e. The minimum Gasteiger partial charge on any atom is -0.444 e. The molecule has 3 rings (SSSR count). The van der Waals surface area contributed by atoms with Crippen LogP contribution in [0.4, 0.5) is 4.79 Å². The molecule has 1 aliphatic rings. The molecule has 0 fully saturated rings. The van der Waals surface area contributed by atoms with Crippen molar-refractivity contribution in [3.8, 4) is 0 Å². The fraction of sp³-hybridized carbons (Fsp3) is 0.536. The number of hydrogen-bond donors (Lipinski definition) is 3. The maximum atomic E-state index is 13.5. The lowest BCUT2D eigenvalue weighted by atomic mass is 10.1. The predicted octanol–water partition coefficient (Wildman–Crippen LogP) is 2.22. The lowest BCUT2D eigenvalue weighted by molar-refractivity contribution is -0.139. The van der Waals surface area contributed by atoms with Gasteiger partial charge >= 0.3 is 6.09 Å². The molecule has 0 bridgehead atoms. The highest BCUT2D eigenvalue weighted by Crippen LogP contribution is 2.16. The van der Waals surface area contributed by atoms with Gasteiger partial charge in [0, 0.05) is 31.8 Å². The lowest BCUT2D eigenvalue weighted by Crippen LogP contribution is -2.53. The Balaban J connectivity index is 1.67. The smallest absolute Gasteiger partial charge is 0.407 e. The molecule has 2 aromatic rings. The standard InChI is InChI=1S/C28H39N5O6/c1-6-23-30-21-12-13-33(15-20(21)25(35)32-23)26(36)22(17-38-16-19-10-8-7-9-11-19)31-24(34)14-18(2)29-27(37)39-28(3,4)5/h7-11,18,22H,6,12-17H2,1-5H3,(H,29,37)(H,31,34)(H,30,32,35). The number of nitrogens with zero attached hydrogens (tertiary/aromatic N) is 2. The van der Waals surface area contributed by atoms with Gasteiger partial charge in [-0.2, -0.15) is 0 Å². The van der Waals surface area contributed by atoms with Crippen molar-refractivity contribution >= 4 is 17.9 Å². The maximum absolute atomic E-state index is 13.5. The van der Waals surface area contributed by atoms with Crippen LogP contribution in [0, 0.1) is 0 Å². The Labute approximate surface area is 228 Å². The monoisotopic (exact) mass is 541 g/mol. The summed E-state index contributed by atoms with van der Waals surface area (Å²) in [6.45, 7) is 9.52. The number of hydrogen-bond acceptors (Lipinski definition) is 7. The Morgan fingerprint density at radius 1 is 1.15 bits per heavy atom. The van der Waals surface area contributed by atoms with Crippen molar-refractivity contribution in [3.63, 3.8) is 0 Å². The predicted molar refractivity (Wildman–Crippen MR) is 145 cm³/mol. The minimum atomic E-state index is -0.974. The Kier molecular flexibility index (Phi) is 10.2. The number of carbonyl (C=O) groups excluding carboxylic acids is 3. The molecule has 2 heterocycles. The number of rotatable bonds is 10. The van der Waals surface area contributed by atoms with Crippen molar-refractivity contribution in [1.82, 2.24) is 25.5 Å². The molecule has 2 atom stereocenters. The second-order valence-corrected chi connectivity index (χ2v) is 10.7. The van der Waals surface area contributed by atoms with Crippen molar-refractivity contribution < 1.29 is 23.9 Å². The summed E-state index contributed by atoms with van der Waals surface area (Å²) in [7, 11) is 0. The number of alkyl carbamates (subject to hydrolysis) is 1. The molecule has 3 amide bonds. The summed E-state index contributed by atoms with van der Waals surface area (Å²) in [5.41, 5.74) is 1.17. The Morgan fingerprint density at radius 3 is 2.54 bits per heavy atom. The van der Waals surface area contributed by atoms with Crippen LogP contribution in [0.5, 0.6) is 0 Å². The molecule has 0 radical (unpaired) electrons. The van der Waals surface area contributed by atoms with Gasteiger partial charge in [-0.25, -0.2) is 9.78 Å². The Morgan fingerprint density at radius 2 is 1.87 bits per heavy atom. The highest BCUT2D eigenvalue weighted by atomic mass is 16.6. The number of ether oxygens (including phenoxy) is 2. The maximum Gasteiger partial charge on any atom is 0.407 e. The van der Waals surface area contributed by atoms with Gasteiger partial charge in [0.2, 0.25) is 11.8 Å². The molecule has 212 valence electrons. The first-order chi connectivity index (χ1) is 18.4. The van der Waals surface area contributed by atoms with Gasteiger partial charge in [-0.05, 0) is 33.3 Å². The van der Waals surface area contributed by atoms with E-state index in [-0.39, 0.29) is 37.6 Å². The van der Waals surface area contributed by atoms with E-state index < -0.39 is 29.7 Å². The number of fused-ring (bicyclic) bond motifs is 1. The number of aromatic amines is 1. The lowest BCUT2D eigenvalue weighted by Gasteiger charge is -2.31. The molecular weight excluding hydrogens is 502 g/mol. The van der Waals surface area contributed by atoms with Crippen LogP contribution in [-0.2, 0) is 45.1 Å². The van der Waals surface area contributed by atoms with Crippen molar-refractivity contribution in [2.45, 2.75) is 84.7 Å². The van der Waals surface area contributed by atoms with Crippen molar-refractivity contribution in [3.05, 3.63) is 63.3 Å². The molecule has 11 heteroatoms. The van der Waals surface area contributed by atoms with Gasteiger partial charge in [0.15, 0.2) is 0 Å². The number of amides is 3. The number of H-pyrrole nitrogens is 1. The molecule has 1 aliphatic heterocycles. The van der Waals surface area contributed by atoms with Crippen molar-refractivity contribution in [2.75, 3.05) is 13.2 Å². The molecular formula is C28H39N5O6. The van der Waals surface area contributed by atoms with Crippen LogP contribution in [0.3, 0.4) is 0 Å². The highest BCUT2D eigenvalue weighted by Gasteiger charge is 2.31. The van der Waals surface area contributed by atoms with Crippen LogP contribution in [0.25, 0.3) is 0 Å². The molecule has 2 unspecified atom stereocenters. The van der Waals surface area contributed by atoms with Crippen LogP contribution in [-0.4, -0.2) is 63.6 Å². The minimum absolute atomic E-state index is 0.0555. The highest BCUT2D eigenvalue weighted by molar-refractivity contribution is 5.88. The number of aromatic nitrogens is 2. The third-order valence-electron chi connectivity index (χ3n) is 6.05. The van der Waals surface area contributed by atoms with E-state index in [1.54, 1.807) is 32.6 Å². The number of benzene rings is 1. The summed E-state index contributed by atoms with van der Waals surface area (Å²) < 4.78 is 11.1. The molecule has 0 spiro atoms. The summed E-state index contributed by atoms with van der Waals surface area (Å²) in [5.74, 6) is -0.161. The van der Waals surface area contributed by atoms with Gasteiger partial charge in [-0.1, -0.05) is 37.3 Å². The van der Waals surface area contributed by atoms with Crippen molar-refractivity contribution in [1.29, 1.82) is 0 Å². The van der Waals surface area contributed by atoms with Crippen LogP contribution in [0.2, 0.25) is 0 Å². The second-order valence-electron chi connectivity index (χ2n) is 10.7. The normalized spacial score (nSPS) is 14.6. The third-order valence-corrected chi connectivity index (χ3v) is 6.05. The van der Waals surface area contributed by atoms with E-state index in [0.29, 0.717) is 36.5 Å². The van der Waals surface area contributed by atoms with Gasteiger partial charge in [-0.3, -0.25) is 14.4 Å². The first-order valence-corrected chi connectivity index (χ1v) is 13.3. The third kappa shape index (κ3) is 9.20. The molecule has 1 aromatic carbocycles. The average molecular weight is 542 g/mol. The number of carbonyl (C=O) groups is 3. The zero-order valence-corrected chi connectivity index (χ0v) is 23.3. The molecule has 0 saturated heterocycles. The molecule has 11 nitrogen and oxygen atoms in total. The molecule has 39 heavy (non-hydrogen) atoms. The van der Waals surface area contributed by atoms with E-state index in [4.69, 9.17) is 9.47 Å². The van der Waals surface area contributed by atoms with E-state index in [9.17, 15) is 19.2 Å². The van der Waals surface area contributed by atoms with E-state index in [2.05, 4.69) is 20.6 Å². The van der Waals surface area contributed by atoms with E-state index in [1.165, 1.54) is 0 Å². The van der Waals surface area contributed by atoms with Gasteiger partial charge in [-0.15, -0.1) is 0 Å². The van der Waals surface area contributed by atoms with E-state index in [0.717, 1.165) is 5.56 Å². The average Bonchev–Trinajstić information content (AvgIpc) is 2.86. The van der Waals surface area contributed by atoms with Crippen LogP contribution in [0.1, 0.15) is 63.7 Å². The van der Waals surface area contributed by atoms with Gasteiger partial charge in [0.25, 0.3) is 5.56 Å². The first kappa shape index (κ1) is 29.8. The SMILES string of the molecule is CCc1nc2c(c(=O)[nH]1)CN(C(=O)C(COCc1ccccc1)NC(=O)CC(C)NC(=O)OC(C)(C)C)CC2. The zero-order chi connectivity index (χ0) is 28.6. The molecule has 1 aromatic heterocycles. The summed E-state index contributed by atoms with van der Waals surface area (Å²) >= 11 is 0. The summed E-state index contributed by atoms with van der Waals surface area (Å²) in [5, 5.41) is 5.39.